The molecule has 0 fully saturated rings. The third-order valence-electron chi connectivity index (χ3n) is 2.46. The third-order valence-corrected chi connectivity index (χ3v) is 4.10. The van der Waals surface area contributed by atoms with Crippen LogP contribution < -0.4 is 0 Å². The molecule has 0 amide bonds. The molecule has 0 aliphatic carbocycles. The number of hydrogen-bond acceptors (Lipinski definition) is 5. The molecular weight excluding hydrogens is 286 g/mol. The van der Waals surface area contributed by atoms with Gasteiger partial charge in [-0.25, -0.2) is 15.0 Å². The molecule has 3 aromatic rings. The van der Waals surface area contributed by atoms with E-state index in [1.54, 1.807) is 17.3 Å². The fraction of sp³-hybridized carbons (Fsp3) is 0.0833. The molecule has 0 aliphatic heterocycles. The van der Waals surface area contributed by atoms with Crippen LogP contribution >= 0.6 is 34.7 Å². The highest BCUT2D eigenvalue weighted by molar-refractivity contribution is 7.98. The standard InChI is InChI=1S/C12H8ClN3S2/c1-17-11-9-12(18-6-14-9)16-10(15-11)7-2-4-8(13)5-3-7/h2-6H,1H3. The van der Waals surface area contributed by atoms with E-state index in [9.17, 15) is 0 Å². The lowest BCUT2D eigenvalue weighted by Crippen LogP contribution is -1.91. The number of aromatic nitrogens is 3. The molecule has 0 spiro atoms. The molecule has 0 saturated carbocycles. The second-order valence-electron chi connectivity index (χ2n) is 3.57. The van der Waals surface area contributed by atoms with E-state index < -0.39 is 0 Å². The molecule has 2 heterocycles. The van der Waals surface area contributed by atoms with Crippen molar-refractivity contribution in [3.8, 4) is 11.4 Å². The zero-order valence-corrected chi connectivity index (χ0v) is 11.8. The smallest absolute Gasteiger partial charge is 0.162 e. The first-order valence-electron chi connectivity index (χ1n) is 5.19. The van der Waals surface area contributed by atoms with Gasteiger partial charge in [0.15, 0.2) is 5.82 Å². The first-order valence-corrected chi connectivity index (χ1v) is 7.67. The maximum absolute atomic E-state index is 5.88. The van der Waals surface area contributed by atoms with Crippen molar-refractivity contribution in [2.75, 3.05) is 6.26 Å². The average molecular weight is 294 g/mol. The summed E-state index contributed by atoms with van der Waals surface area (Å²) in [5, 5.41) is 1.62. The van der Waals surface area contributed by atoms with Gasteiger partial charge >= 0.3 is 0 Å². The van der Waals surface area contributed by atoms with Crippen molar-refractivity contribution in [1.82, 2.24) is 15.0 Å². The Bertz CT molecular complexity index is 694. The van der Waals surface area contributed by atoms with E-state index in [0.29, 0.717) is 10.8 Å². The molecular formula is C12H8ClN3S2. The summed E-state index contributed by atoms with van der Waals surface area (Å²) in [4.78, 5) is 14.3. The molecule has 0 saturated heterocycles. The molecule has 2 aromatic heterocycles. The fourth-order valence-corrected chi connectivity index (χ4v) is 2.98. The number of halogens is 1. The van der Waals surface area contributed by atoms with E-state index in [1.807, 2.05) is 30.5 Å². The largest absolute Gasteiger partial charge is 0.240 e. The van der Waals surface area contributed by atoms with Gasteiger partial charge in [0, 0.05) is 10.6 Å². The second kappa shape index (κ2) is 4.84. The Hall–Kier alpha value is -1.17. The topological polar surface area (TPSA) is 38.7 Å². The third kappa shape index (κ3) is 2.09. The van der Waals surface area contributed by atoms with Crippen LogP contribution in [0.25, 0.3) is 21.7 Å². The number of thioether (sulfide) groups is 1. The number of rotatable bonds is 2. The maximum atomic E-state index is 5.88. The lowest BCUT2D eigenvalue weighted by Gasteiger charge is -2.03. The van der Waals surface area contributed by atoms with E-state index in [4.69, 9.17) is 11.6 Å². The molecule has 0 N–H and O–H groups in total. The Morgan fingerprint density at radius 2 is 1.94 bits per heavy atom. The number of nitrogens with zero attached hydrogens (tertiary/aromatic N) is 3. The molecule has 6 heteroatoms. The summed E-state index contributed by atoms with van der Waals surface area (Å²) in [6.45, 7) is 0. The fourth-order valence-electron chi connectivity index (χ4n) is 1.61. The lowest BCUT2D eigenvalue weighted by atomic mass is 10.2. The minimum Gasteiger partial charge on any atom is -0.240 e. The van der Waals surface area contributed by atoms with Gasteiger partial charge in [-0.2, -0.15) is 0 Å². The van der Waals surface area contributed by atoms with E-state index in [1.165, 1.54) is 11.3 Å². The molecule has 0 atom stereocenters. The first kappa shape index (κ1) is 11.9. The van der Waals surface area contributed by atoms with Gasteiger partial charge in [-0.1, -0.05) is 11.6 Å². The predicted octanol–water partition coefficient (Wildman–Crippen LogP) is 4.13. The highest BCUT2D eigenvalue weighted by Crippen LogP contribution is 2.28. The van der Waals surface area contributed by atoms with Gasteiger partial charge < -0.3 is 0 Å². The molecule has 18 heavy (non-hydrogen) atoms. The zero-order chi connectivity index (χ0) is 12.5. The van der Waals surface area contributed by atoms with E-state index in [-0.39, 0.29) is 0 Å². The molecule has 0 bridgehead atoms. The SMILES string of the molecule is CSc1nc(-c2ccc(Cl)cc2)nc2scnc12. The van der Waals surface area contributed by atoms with Crippen molar-refractivity contribution in [3.05, 3.63) is 34.8 Å². The normalized spacial score (nSPS) is 11.0. The van der Waals surface area contributed by atoms with Gasteiger partial charge in [0.2, 0.25) is 0 Å². The summed E-state index contributed by atoms with van der Waals surface area (Å²) in [6.07, 6.45) is 1.99. The Morgan fingerprint density at radius 3 is 2.67 bits per heavy atom. The quantitative estimate of drug-likeness (QED) is 0.526. The average Bonchev–Trinajstić information content (AvgIpc) is 2.86. The molecule has 0 radical (unpaired) electrons. The molecule has 90 valence electrons. The summed E-state index contributed by atoms with van der Waals surface area (Å²) in [5.41, 5.74) is 3.64. The number of benzene rings is 1. The first-order chi connectivity index (χ1) is 8.78. The molecule has 0 unspecified atom stereocenters. The highest BCUT2D eigenvalue weighted by atomic mass is 35.5. The van der Waals surface area contributed by atoms with Gasteiger partial charge in [-0.05, 0) is 30.5 Å². The molecule has 3 nitrogen and oxygen atoms in total. The van der Waals surface area contributed by atoms with Crippen molar-refractivity contribution >= 4 is 45.0 Å². The summed E-state index contributed by atoms with van der Waals surface area (Å²) in [7, 11) is 0. The predicted molar refractivity (Wildman–Crippen MR) is 77.4 cm³/mol. The van der Waals surface area contributed by atoms with E-state index >= 15 is 0 Å². The van der Waals surface area contributed by atoms with Crippen LogP contribution in [-0.4, -0.2) is 21.2 Å². The van der Waals surface area contributed by atoms with Crippen molar-refractivity contribution < 1.29 is 0 Å². The van der Waals surface area contributed by atoms with Crippen LogP contribution in [0.1, 0.15) is 0 Å². The van der Waals surface area contributed by atoms with Gasteiger partial charge in [0.05, 0.1) is 5.51 Å². The molecule has 3 rings (SSSR count). The van der Waals surface area contributed by atoms with Crippen molar-refractivity contribution in [2.24, 2.45) is 0 Å². The summed E-state index contributed by atoms with van der Waals surface area (Å²) < 4.78 is 0. The monoisotopic (exact) mass is 293 g/mol. The van der Waals surface area contributed by atoms with Crippen LogP contribution in [0.4, 0.5) is 0 Å². The Kier molecular flexibility index (Phi) is 3.20. The van der Waals surface area contributed by atoms with Gasteiger partial charge in [0.1, 0.15) is 15.4 Å². The minimum absolute atomic E-state index is 0.711. The van der Waals surface area contributed by atoms with Gasteiger partial charge in [-0.3, -0.25) is 0 Å². The Morgan fingerprint density at radius 1 is 1.17 bits per heavy atom. The number of thiazole rings is 1. The molecule has 1 aromatic carbocycles. The number of hydrogen-bond donors (Lipinski definition) is 0. The number of fused-ring (bicyclic) bond motifs is 1. The van der Waals surface area contributed by atoms with Crippen molar-refractivity contribution in [2.45, 2.75) is 5.03 Å². The van der Waals surface area contributed by atoms with Crippen LogP contribution in [0.2, 0.25) is 5.02 Å². The van der Waals surface area contributed by atoms with Crippen LogP contribution in [0.3, 0.4) is 0 Å². The molecule has 0 aliphatic rings. The summed E-state index contributed by atoms with van der Waals surface area (Å²) in [6, 6.07) is 7.54. The van der Waals surface area contributed by atoms with Gasteiger partial charge in [-0.15, -0.1) is 23.1 Å². The second-order valence-corrected chi connectivity index (χ2v) is 5.63. The highest BCUT2D eigenvalue weighted by Gasteiger charge is 2.10. The lowest BCUT2D eigenvalue weighted by molar-refractivity contribution is 1.10. The zero-order valence-electron chi connectivity index (χ0n) is 9.42. The summed E-state index contributed by atoms with van der Waals surface area (Å²) >= 11 is 8.99. The maximum Gasteiger partial charge on any atom is 0.162 e. The van der Waals surface area contributed by atoms with Crippen LogP contribution in [0, 0.1) is 0 Å². The van der Waals surface area contributed by atoms with Gasteiger partial charge in [0.25, 0.3) is 0 Å². The van der Waals surface area contributed by atoms with Crippen LogP contribution in [-0.2, 0) is 0 Å². The van der Waals surface area contributed by atoms with Crippen molar-refractivity contribution in [3.63, 3.8) is 0 Å². The van der Waals surface area contributed by atoms with E-state index in [0.717, 1.165) is 20.9 Å². The Labute approximate surface area is 117 Å². The Balaban J connectivity index is 2.19. The van der Waals surface area contributed by atoms with Crippen LogP contribution in [0.15, 0.2) is 34.8 Å². The van der Waals surface area contributed by atoms with E-state index in [2.05, 4.69) is 15.0 Å². The summed E-state index contributed by atoms with van der Waals surface area (Å²) in [5.74, 6) is 0.716. The van der Waals surface area contributed by atoms with Crippen molar-refractivity contribution in [1.29, 1.82) is 0 Å². The minimum atomic E-state index is 0.711. The van der Waals surface area contributed by atoms with Crippen LogP contribution in [0.5, 0.6) is 0 Å².